The van der Waals surface area contributed by atoms with Crippen LogP contribution in [0.25, 0.3) is 11.0 Å². The fourth-order valence-corrected chi connectivity index (χ4v) is 1.64. The molecule has 0 spiro atoms. The van der Waals surface area contributed by atoms with E-state index < -0.39 is 17.5 Å². The van der Waals surface area contributed by atoms with Crippen LogP contribution in [0.15, 0.2) is 34.9 Å². The molecular formula is C13H10O5. The number of carbonyl (C=O) groups excluding carboxylic acids is 2. The number of carboxylic acid groups (broad SMARTS) is 1. The van der Waals surface area contributed by atoms with Gasteiger partial charge < -0.3 is 9.52 Å². The first kappa shape index (κ1) is 12.0. The quantitative estimate of drug-likeness (QED) is 0.644. The highest BCUT2D eigenvalue weighted by molar-refractivity contribution is 6.45. The number of benzene rings is 1. The van der Waals surface area contributed by atoms with Crippen molar-refractivity contribution in [3.05, 3.63) is 36.1 Å². The van der Waals surface area contributed by atoms with E-state index in [4.69, 9.17) is 9.52 Å². The van der Waals surface area contributed by atoms with Gasteiger partial charge in [0.15, 0.2) is 0 Å². The van der Waals surface area contributed by atoms with Gasteiger partial charge in [0.2, 0.25) is 11.6 Å². The average molecular weight is 246 g/mol. The summed E-state index contributed by atoms with van der Waals surface area (Å²) in [5.41, 5.74) is 0.702. The van der Waals surface area contributed by atoms with Crippen LogP contribution in [0.5, 0.6) is 0 Å². The standard InChI is InChI=1S/C13H10O5/c14-10(5-6-12(15)16)13(17)9-7-18-11-4-2-1-3-8(9)11/h1-4,7H,5-6H2,(H,15,16). The molecule has 0 aliphatic rings. The van der Waals surface area contributed by atoms with Crippen molar-refractivity contribution < 1.29 is 23.9 Å². The fraction of sp³-hybridized carbons (Fsp3) is 0.154. The van der Waals surface area contributed by atoms with E-state index in [0.717, 1.165) is 0 Å². The summed E-state index contributed by atoms with van der Waals surface area (Å²) in [6.07, 6.45) is 0.583. The lowest BCUT2D eigenvalue weighted by atomic mass is 10.0. The van der Waals surface area contributed by atoms with Crippen molar-refractivity contribution in [2.24, 2.45) is 0 Å². The summed E-state index contributed by atoms with van der Waals surface area (Å²) in [5, 5.41) is 9.03. The van der Waals surface area contributed by atoms with Gasteiger partial charge in [-0.2, -0.15) is 0 Å². The van der Waals surface area contributed by atoms with Crippen LogP contribution in [0.4, 0.5) is 0 Å². The van der Waals surface area contributed by atoms with Crippen molar-refractivity contribution >= 4 is 28.5 Å². The van der Waals surface area contributed by atoms with E-state index in [1.54, 1.807) is 24.3 Å². The number of Topliss-reactive ketones (excluding diaryl/α,β-unsaturated/α-hetero) is 2. The van der Waals surface area contributed by atoms with Gasteiger partial charge in [0.05, 0.1) is 12.0 Å². The van der Waals surface area contributed by atoms with Crippen LogP contribution in [0.1, 0.15) is 23.2 Å². The highest BCUT2D eigenvalue weighted by Gasteiger charge is 2.21. The molecule has 18 heavy (non-hydrogen) atoms. The SMILES string of the molecule is O=C(O)CCC(=O)C(=O)c1coc2ccccc12. The summed E-state index contributed by atoms with van der Waals surface area (Å²) in [4.78, 5) is 33.7. The van der Waals surface area contributed by atoms with Crippen molar-refractivity contribution in [1.29, 1.82) is 0 Å². The number of hydrogen-bond donors (Lipinski definition) is 1. The molecule has 1 heterocycles. The van der Waals surface area contributed by atoms with Crippen LogP contribution in [-0.2, 0) is 9.59 Å². The molecule has 5 nitrogen and oxygen atoms in total. The number of rotatable bonds is 5. The van der Waals surface area contributed by atoms with Crippen LogP contribution >= 0.6 is 0 Å². The van der Waals surface area contributed by atoms with Crippen molar-refractivity contribution in [1.82, 2.24) is 0 Å². The lowest BCUT2D eigenvalue weighted by Gasteiger charge is -1.96. The second kappa shape index (κ2) is 4.83. The highest BCUT2D eigenvalue weighted by atomic mass is 16.4. The number of aliphatic carboxylic acids is 1. The molecule has 5 heteroatoms. The third kappa shape index (κ3) is 2.29. The maximum Gasteiger partial charge on any atom is 0.303 e. The number of hydrogen-bond acceptors (Lipinski definition) is 4. The van der Waals surface area contributed by atoms with Crippen molar-refractivity contribution in [3.8, 4) is 0 Å². The molecule has 1 N–H and O–H groups in total. The van der Waals surface area contributed by atoms with Crippen molar-refractivity contribution in [2.75, 3.05) is 0 Å². The van der Waals surface area contributed by atoms with Gasteiger partial charge in [0, 0.05) is 11.8 Å². The number of para-hydroxylation sites is 1. The molecule has 1 aromatic carbocycles. The Morgan fingerprint density at radius 2 is 1.83 bits per heavy atom. The molecule has 1 aromatic heterocycles. The Balaban J connectivity index is 2.23. The Kier molecular flexibility index (Phi) is 3.23. The van der Waals surface area contributed by atoms with Gasteiger partial charge in [-0.15, -0.1) is 0 Å². The maximum atomic E-state index is 11.8. The van der Waals surface area contributed by atoms with E-state index in [2.05, 4.69) is 0 Å². The predicted octanol–water partition coefficient (Wildman–Crippen LogP) is 2.05. The molecule has 2 aromatic rings. The van der Waals surface area contributed by atoms with Crippen LogP contribution in [-0.4, -0.2) is 22.6 Å². The Hall–Kier alpha value is -2.43. The highest BCUT2D eigenvalue weighted by Crippen LogP contribution is 2.21. The first-order chi connectivity index (χ1) is 8.59. The molecule has 92 valence electrons. The molecule has 0 fully saturated rings. The number of carbonyl (C=O) groups is 3. The third-order valence-electron chi connectivity index (χ3n) is 2.54. The largest absolute Gasteiger partial charge is 0.481 e. The summed E-state index contributed by atoms with van der Waals surface area (Å²) < 4.78 is 5.16. The van der Waals surface area contributed by atoms with Gasteiger partial charge in [-0.1, -0.05) is 18.2 Å². The summed E-state index contributed by atoms with van der Waals surface area (Å²) >= 11 is 0. The van der Waals surface area contributed by atoms with Crippen LogP contribution in [0.2, 0.25) is 0 Å². The molecule has 0 unspecified atom stereocenters. The number of ketones is 2. The predicted molar refractivity (Wildman–Crippen MR) is 62.4 cm³/mol. The van der Waals surface area contributed by atoms with Crippen LogP contribution in [0.3, 0.4) is 0 Å². The Labute approximate surface area is 102 Å². The molecule has 0 amide bonds. The minimum absolute atomic E-state index is 0.181. The van der Waals surface area contributed by atoms with E-state index in [0.29, 0.717) is 11.0 Å². The van der Waals surface area contributed by atoms with Gasteiger partial charge in [-0.25, -0.2) is 0 Å². The van der Waals surface area contributed by atoms with E-state index in [-0.39, 0.29) is 18.4 Å². The summed E-state index contributed by atoms with van der Waals surface area (Å²) in [6.45, 7) is 0. The zero-order valence-corrected chi connectivity index (χ0v) is 9.38. The second-order valence-electron chi connectivity index (χ2n) is 3.79. The Morgan fingerprint density at radius 3 is 2.56 bits per heavy atom. The van der Waals surface area contributed by atoms with Crippen molar-refractivity contribution in [2.45, 2.75) is 12.8 Å². The molecular weight excluding hydrogens is 236 g/mol. The van der Waals surface area contributed by atoms with E-state index in [9.17, 15) is 14.4 Å². The number of carboxylic acids is 1. The number of fused-ring (bicyclic) bond motifs is 1. The molecule has 2 rings (SSSR count). The molecule has 0 bridgehead atoms. The zero-order valence-electron chi connectivity index (χ0n) is 9.38. The number of furan rings is 1. The lowest BCUT2D eigenvalue weighted by molar-refractivity contribution is -0.138. The molecule has 0 saturated heterocycles. The first-order valence-electron chi connectivity index (χ1n) is 5.35. The lowest BCUT2D eigenvalue weighted by Crippen LogP contribution is -2.15. The van der Waals surface area contributed by atoms with Gasteiger partial charge >= 0.3 is 5.97 Å². The molecule has 0 saturated carbocycles. The van der Waals surface area contributed by atoms with Gasteiger partial charge in [-0.3, -0.25) is 14.4 Å². The second-order valence-corrected chi connectivity index (χ2v) is 3.79. The van der Waals surface area contributed by atoms with Crippen molar-refractivity contribution in [3.63, 3.8) is 0 Å². The minimum Gasteiger partial charge on any atom is -0.481 e. The van der Waals surface area contributed by atoms with Gasteiger partial charge in [-0.05, 0) is 6.07 Å². The average Bonchev–Trinajstić information content (AvgIpc) is 2.78. The monoisotopic (exact) mass is 246 g/mol. The summed E-state index contributed by atoms with van der Waals surface area (Å²) in [5.74, 6) is -2.53. The summed E-state index contributed by atoms with van der Waals surface area (Å²) in [6, 6.07) is 6.85. The normalized spacial score (nSPS) is 10.4. The topological polar surface area (TPSA) is 84.6 Å². The van der Waals surface area contributed by atoms with E-state index in [1.165, 1.54) is 6.26 Å². The zero-order chi connectivity index (χ0) is 13.1. The molecule has 0 atom stereocenters. The smallest absolute Gasteiger partial charge is 0.303 e. The summed E-state index contributed by atoms with van der Waals surface area (Å²) in [7, 11) is 0. The Morgan fingerprint density at radius 1 is 1.11 bits per heavy atom. The fourth-order valence-electron chi connectivity index (χ4n) is 1.64. The van der Waals surface area contributed by atoms with E-state index >= 15 is 0 Å². The van der Waals surface area contributed by atoms with Gasteiger partial charge in [0.1, 0.15) is 11.8 Å². The minimum atomic E-state index is -1.10. The van der Waals surface area contributed by atoms with Crippen LogP contribution < -0.4 is 0 Å². The molecule has 0 radical (unpaired) electrons. The Bertz CT molecular complexity index is 623. The van der Waals surface area contributed by atoms with Crippen LogP contribution in [0, 0.1) is 0 Å². The molecule has 0 aliphatic carbocycles. The molecule has 0 aliphatic heterocycles. The van der Waals surface area contributed by atoms with Gasteiger partial charge in [0.25, 0.3) is 0 Å². The van der Waals surface area contributed by atoms with E-state index in [1.807, 2.05) is 0 Å². The maximum absolute atomic E-state index is 11.8. The first-order valence-corrected chi connectivity index (χ1v) is 5.35. The third-order valence-corrected chi connectivity index (χ3v) is 2.54.